The summed E-state index contributed by atoms with van der Waals surface area (Å²) >= 11 is 0. The molecule has 0 heterocycles. The molecule has 0 aliphatic carbocycles. The summed E-state index contributed by atoms with van der Waals surface area (Å²) < 4.78 is 40.0. The molecule has 0 radical (unpaired) electrons. The molecule has 0 N–H and O–H groups in total. The topological polar surface area (TPSA) is 61.8 Å². The van der Waals surface area contributed by atoms with Gasteiger partial charge in [-0.2, -0.15) is 0 Å². The van der Waals surface area contributed by atoms with Crippen molar-refractivity contribution in [2.45, 2.75) is 0 Å². The van der Waals surface area contributed by atoms with Gasteiger partial charge in [-0.3, -0.25) is 9.13 Å². The van der Waals surface area contributed by atoms with Crippen LogP contribution in [0.15, 0.2) is 50.6 Å². The molecule has 0 aromatic rings. The Morgan fingerprint density at radius 1 is 0.737 bits per heavy atom. The molecule has 2 atom stereocenters. The van der Waals surface area contributed by atoms with Crippen molar-refractivity contribution in [3.63, 3.8) is 0 Å². The highest BCUT2D eigenvalue weighted by molar-refractivity contribution is 7.67. The second kappa shape index (κ2) is 9.24. The average molecular weight is 306 g/mol. The largest absolute Gasteiger partial charge is 0.341 e. The lowest BCUT2D eigenvalue weighted by Gasteiger charge is -2.22. The summed E-state index contributed by atoms with van der Waals surface area (Å²) in [4.78, 5) is 0. The van der Waals surface area contributed by atoms with Crippen LogP contribution in [-0.4, -0.2) is 25.5 Å². The summed E-state index contributed by atoms with van der Waals surface area (Å²) in [6, 6.07) is 0. The molecule has 0 aliphatic heterocycles. The van der Waals surface area contributed by atoms with Crippen molar-refractivity contribution in [1.82, 2.24) is 0 Å². The molecule has 108 valence electrons. The maximum absolute atomic E-state index is 12.3. The van der Waals surface area contributed by atoms with E-state index in [4.69, 9.17) is 13.4 Å². The van der Waals surface area contributed by atoms with Crippen LogP contribution in [0.2, 0.25) is 0 Å². The summed E-state index contributed by atoms with van der Waals surface area (Å²) in [6.07, 6.45) is 5.44. The predicted octanol–water partition coefficient (Wildman–Crippen LogP) is 4.17. The van der Waals surface area contributed by atoms with Gasteiger partial charge in [0.15, 0.2) is 0 Å². The molecule has 0 rings (SSSR count). The first-order valence-corrected chi connectivity index (χ1v) is 9.03. The van der Waals surface area contributed by atoms with E-state index in [-0.39, 0.29) is 25.5 Å². The maximum atomic E-state index is 12.3. The summed E-state index contributed by atoms with van der Waals surface area (Å²) in [5, 5.41) is 0. The number of rotatable bonds is 12. The van der Waals surface area contributed by atoms with Crippen molar-refractivity contribution < 1.29 is 22.5 Å². The fourth-order valence-corrected chi connectivity index (χ4v) is 4.99. The third-order valence-corrected chi connectivity index (χ3v) is 6.22. The van der Waals surface area contributed by atoms with Gasteiger partial charge in [-0.15, -0.1) is 26.3 Å². The molecule has 0 aromatic carbocycles. The van der Waals surface area contributed by atoms with Crippen molar-refractivity contribution in [3.05, 3.63) is 50.6 Å². The van der Waals surface area contributed by atoms with Gasteiger partial charge in [-0.25, -0.2) is 4.31 Å². The van der Waals surface area contributed by atoms with Gasteiger partial charge in [0.25, 0.3) is 0 Å². The minimum Gasteiger partial charge on any atom is -0.304 e. The number of hydrogen-bond donors (Lipinski definition) is 0. The first-order chi connectivity index (χ1) is 8.95. The average Bonchev–Trinajstić information content (AvgIpc) is 2.34. The monoisotopic (exact) mass is 306 g/mol. The quantitative estimate of drug-likeness (QED) is 0.400. The van der Waals surface area contributed by atoms with Crippen molar-refractivity contribution in [3.8, 4) is 0 Å². The molecule has 0 amide bonds. The van der Waals surface area contributed by atoms with Gasteiger partial charge in [0.2, 0.25) is 0 Å². The minimum atomic E-state index is -3.59. The van der Waals surface area contributed by atoms with Gasteiger partial charge in [0, 0.05) is 0 Å². The lowest BCUT2D eigenvalue weighted by molar-refractivity contribution is 0.253. The highest BCUT2D eigenvalue weighted by Crippen LogP contribution is 2.64. The second-order valence-corrected chi connectivity index (χ2v) is 7.76. The van der Waals surface area contributed by atoms with E-state index >= 15 is 0 Å². The zero-order valence-corrected chi connectivity index (χ0v) is 12.7. The molecule has 7 heteroatoms. The van der Waals surface area contributed by atoms with Gasteiger partial charge in [0.1, 0.15) is 0 Å². The molecule has 19 heavy (non-hydrogen) atoms. The van der Waals surface area contributed by atoms with E-state index in [0.717, 1.165) is 0 Å². The molecule has 0 aliphatic rings. The highest BCUT2D eigenvalue weighted by atomic mass is 31.3. The SMILES string of the molecule is C=CCOP(=O)(CC=C)OP(=O)(CC=C)OCC=C. The Morgan fingerprint density at radius 2 is 1.11 bits per heavy atom. The van der Waals surface area contributed by atoms with E-state index in [0.29, 0.717) is 0 Å². The van der Waals surface area contributed by atoms with E-state index in [9.17, 15) is 9.13 Å². The Balaban J connectivity index is 5.00. The van der Waals surface area contributed by atoms with Crippen molar-refractivity contribution in [2.75, 3.05) is 25.5 Å². The van der Waals surface area contributed by atoms with E-state index in [1.165, 1.54) is 24.3 Å². The standard InChI is InChI=1S/C12H20O5P2/c1-5-9-15-18(13,11-7-3)17-19(14,12-8-4)16-10-6-2/h5-8H,1-4,9-12H2. The van der Waals surface area contributed by atoms with E-state index in [1.807, 2.05) is 0 Å². The van der Waals surface area contributed by atoms with Crippen LogP contribution in [-0.2, 0) is 22.5 Å². The molecule has 0 aromatic heterocycles. The Bertz CT molecular complexity index is 378. The molecule has 0 spiro atoms. The van der Waals surface area contributed by atoms with E-state index in [1.54, 1.807) is 0 Å². The normalized spacial score (nSPS) is 16.8. The first kappa shape index (κ1) is 18.3. The fourth-order valence-electron chi connectivity index (χ4n) is 1.06. The molecule has 0 saturated carbocycles. The van der Waals surface area contributed by atoms with Gasteiger partial charge in [0.05, 0.1) is 25.5 Å². The van der Waals surface area contributed by atoms with Crippen LogP contribution in [0.4, 0.5) is 0 Å². The summed E-state index contributed by atoms with van der Waals surface area (Å²) in [5.41, 5.74) is 0. The predicted molar refractivity (Wildman–Crippen MR) is 78.7 cm³/mol. The molecule has 2 unspecified atom stereocenters. The Hall–Kier alpha value is -0.700. The molecular weight excluding hydrogens is 286 g/mol. The first-order valence-electron chi connectivity index (χ1n) is 5.57. The van der Waals surface area contributed by atoms with Crippen LogP contribution in [0.1, 0.15) is 0 Å². The van der Waals surface area contributed by atoms with Gasteiger partial charge in [-0.05, 0) is 0 Å². The molecular formula is C12H20O5P2. The minimum absolute atomic E-state index is 0.0145. The number of allylic oxidation sites excluding steroid dienone is 2. The van der Waals surface area contributed by atoms with Crippen LogP contribution in [0.25, 0.3) is 0 Å². The van der Waals surface area contributed by atoms with Gasteiger partial charge in [-0.1, -0.05) is 24.3 Å². The highest BCUT2D eigenvalue weighted by Gasteiger charge is 2.35. The van der Waals surface area contributed by atoms with Crippen LogP contribution in [0.3, 0.4) is 0 Å². The van der Waals surface area contributed by atoms with E-state index in [2.05, 4.69) is 26.3 Å². The maximum Gasteiger partial charge on any atom is 0.341 e. The molecule has 5 nitrogen and oxygen atoms in total. The molecule has 0 bridgehead atoms. The van der Waals surface area contributed by atoms with Crippen molar-refractivity contribution in [1.29, 1.82) is 0 Å². The van der Waals surface area contributed by atoms with Crippen LogP contribution >= 0.6 is 15.2 Å². The van der Waals surface area contributed by atoms with Crippen LogP contribution in [0, 0.1) is 0 Å². The molecule has 0 fully saturated rings. The van der Waals surface area contributed by atoms with Crippen LogP contribution in [0.5, 0.6) is 0 Å². The second-order valence-electron chi connectivity index (χ2n) is 3.41. The Kier molecular flexibility index (Phi) is 8.90. The zero-order valence-electron chi connectivity index (χ0n) is 10.9. The third kappa shape index (κ3) is 7.46. The zero-order chi connectivity index (χ0) is 14.8. The Morgan fingerprint density at radius 3 is 1.37 bits per heavy atom. The molecule has 0 saturated heterocycles. The summed E-state index contributed by atoms with van der Waals surface area (Å²) in [5.74, 6) is 0. The lowest BCUT2D eigenvalue weighted by atomic mass is 10.7. The summed E-state index contributed by atoms with van der Waals surface area (Å²) in [7, 11) is -7.17. The summed E-state index contributed by atoms with van der Waals surface area (Å²) in [6.45, 7) is 13.9. The van der Waals surface area contributed by atoms with E-state index < -0.39 is 15.2 Å². The third-order valence-electron chi connectivity index (χ3n) is 1.73. The Labute approximate surface area is 114 Å². The van der Waals surface area contributed by atoms with Crippen molar-refractivity contribution in [2.24, 2.45) is 0 Å². The van der Waals surface area contributed by atoms with Crippen molar-refractivity contribution >= 4 is 15.2 Å². The van der Waals surface area contributed by atoms with Crippen LogP contribution < -0.4 is 0 Å². The fraction of sp³-hybridized carbons (Fsp3) is 0.333. The van der Waals surface area contributed by atoms with Gasteiger partial charge < -0.3 is 9.05 Å². The number of hydrogen-bond acceptors (Lipinski definition) is 5. The smallest absolute Gasteiger partial charge is 0.304 e. The van der Waals surface area contributed by atoms with Gasteiger partial charge >= 0.3 is 15.2 Å². The lowest BCUT2D eigenvalue weighted by Crippen LogP contribution is -2.02.